The SMILES string of the molecule is C=C(Br)CN(C)C1CCN(C)C1=O. The minimum atomic E-state index is 0.0410. The number of likely N-dealkylation sites (N-methyl/N-ethyl adjacent to an activating group) is 2. The lowest BCUT2D eigenvalue weighted by atomic mass is 10.2. The predicted octanol–water partition coefficient (Wildman–Crippen LogP) is 1.06. The second-order valence-electron chi connectivity index (χ2n) is 3.50. The first-order chi connectivity index (χ1) is 6.02. The van der Waals surface area contributed by atoms with Crippen molar-refractivity contribution < 1.29 is 4.79 Å². The van der Waals surface area contributed by atoms with Crippen molar-refractivity contribution in [3.8, 4) is 0 Å². The summed E-state index contributed by atoms with van der Waals surface area (Å²) in [6, 6.07) is 0.0410. The average molecular weight is 247 g/mol. The van der Waals surface area contributed by atoms with Gasteiger partial charge in [0.2, 0.25) is 5.91 Å². The van der Waals surface area contributed by atoms with Crippen molar-refractivity contribution in [1.82, 2.24) is 9.80 Å². The summed E-state index contributed by atoms with van der Waals surface area (Å²) in [4.78, 5) is 15.4. The summed E-state index contributed by atoms with van der Waals surface area (Å²) in [6.45, 7) is 5.35. The molecule has 0 aliphatic carbocycles. The Labute approximate surface area is 87.5 Å². The number of hydrogen-bond acceptors (Lipinski definition) is 2. The molecular formula is C9H15BrN2O. The quantitative estimate of drug-likeness (QED) is 0.744. The Balaban J connectivity index is 2.53. The smallest absolute Gasteiger partial charge is 0.239 e. The van der Waals surface area contributed by atoms with Crippen LogP contribution in [0.2, 0.25) is 0 Å². The molecule has 0 spiro atoms. The van der Waals surface area contributed by atoms with Crippen LogP contribution in [0.25, 0.3) is 0 Å². The zero-order valence-electron chi connectivity index (χ0n) is 8.09. The fourth-order valence-corrected chi connectivity index (χ4v) is 1.99. The topological polar surface area (TPSA) is 23.6 Å². The fraction of sp³-hybridized carbons (Fsp3) is 0.667. The molecule has 3 nitrogen and oxygen atoms in total. The van der Waals surface area contributed by atoms with E-state index in [-0.39, 0.29) is 11.9 Å². The third kappa shape index (κ3) is 2.54. The molecule has 74 valence electrons. The highest BCUT2D eigenvalue weighted by atomic mass is 79.9. The van der Waals surface area contributed by atoms with E-state index in [4.69, 9.17) is 0 Å². The van der Waals surface area contributed by atoms with Gasteiger partial charge in [-0.1, -0.05) is 22.5 Å². The van der Waals surface area contributed by atoms with Gasteiger partial charge in [0.15, 0.2) is 0 Å². The molecule has 1 unspecified atom stereocenters. The number of hydrogen-bond donors (Lipinski definition) is 0. The molecule has 1 aliphatic rings. The number of halogens is 1. The Morgan fingerprint density at radius 1 is 1.85 bits per heavy atom. The summed E-state index contributed by atoms with van der Waals surface area (Å²) in [5, 5.41) is 0. The lowest BCUT2D eigenvalue weighted by molar-refractivity contribution is -0.130. The molecule has 0 N–H and O–H groups in total. The normalized spacial score (nSPS) is 22.9. The first-order valence-electron chi connectivity index (χ1n) is 4.31. The molecule has 0 aromatic rings. The first kappa shape index (κ1) is 10.7. The van der Waals surface area contributed by atoms with Crippen molar-refractivity contribution in [2.24, 2.45) is 0 Å². The second-order valence-corrected chi connectivity index (χ2v) is 4.62. The van der Waals surface area contributed by atoms with Crippen LogP contribution >= 0.6 is 15.9 Å². The largest absolute Gasteiger partial charge is 0.344 e. The first-order valence-corrected chi connectivity index (χ1v) is 5.10. The molecule has 0 bridgehead atoms. The van der Waals surface area contributed by atoms with E-state index in [1.807, 2.05) is 19.0 Å². The van der Waals surface area contributed by atoms with Gasteiger partial charge in [-0.15, -0.1) is 0 Å². The third-order valence-corrected chi connectivity index (χ3v) is 2.60. The lowest BCUT2D eigenvalue weighted by Crippen LogP contribution is -2.38. The molecule has 0 aromatic heterocycles. The van der Waals surface area contributed by atoms with E-state index in [1.54, 1.807) is 4.90 Å². The summed E-state index contributed by atoms with van der Waals surface area (Å²) in [5.74, 6) is 0.219. The summed E-state index contributed by atoms with van der Waals surface area (Å²) in [7, 11) is 3.80. The van der Waals surface area contributed by atoms with E-state index in [9.17, 15) is 4.79 Å². The Hall–Kier alpha value is -0.350. The van der Waals surface area contributed by atoms with E-state index in [0.29, 0.717) is 0 Å². The van der Waals surface area contributed by atoms with Crippen LogP contribution < -0.4 is 0 Å². The molecule has 1 amide bonds. The Morgan fingerprint density at radius 3 is 2.85 bits per heavy atom. The second kappa shape index (κ2) is 4.24. The molecule has 1 saturated heterocycles. The maximum atomic E-state index is 11.6. The van der Waals surface area contributed by atoms with Gasteiger partial charge in [0.1, 0.15) is 0 Å². The molecule has 1 fully saturated rings. The number of carbonyl (C=O) groups is 1. The molecule has 0 radical (unpaired) electrons. The van der Waals surface area contributed by atoms with Gasteiger partial charge in [-0.25, -0.2) is 0 Å². The van der Waals surface area contributed by atoms with Crippen LogP contribution in [0.1, 0.15) is 6.42 Å². The van der Waals surface area contributed by atoms with Crippen molar-refractivity contribution in [1.29, 1.82) is 0 Å². The monoisotopic (exact) mass is 246 g/mol. The van der Waals surface area contributed by atoms with E-state index in [1.165, 1.54) is 0 Å². The van der Waals surface area contributed by atoms with E-state index < -0.39 is 0 Å². The maximum absolute atomic E-state index is 11.6. The van der Waals surface area contributed by atoms with Crippen molar-refractivity contribution in [2.75, 3.05) is 27.2 Å². The summed E-state index contributed by atoms with van der Waals surface area (Å²) in [6.07, 6.45) is 0.923. The molecule has 13 heavy (non-hydrogen) atoms. The van der Waals surface area contributed by atoms with Crippen LogP contribution in [-0.4, -0.2) is 48.9 Å². The predicted molar refractivity (Wildman–Crippen MR) is 56.7 cm³/mol. The molecule has 4 heteroatoms. The fourth-order valence-electron chi connectivity index (χ4n) is 1.59. The lowest BCUT2D eigenvalue weighted by Gasteiger charge is -2.22. The van der Waals surface area contributed by atoms with Gasteiger partial charge in [0, 0.05) is 24.6 Å². The zero-order valence-corrected chi connectivity index (χ0v) is 9.67. The van der Waals surface area contributed by atoms with Gasteiger partial charge < -0.3 is 4.90 Å². The van der Waals surface area contributed by atoms with Gasteiger partial charge in [0.25, 0.3) is 0 Å². The highest BCUT2D eigenvalue weighted by Crippen LogP contribution is 2.16. The standard InChI is InChI=1S/C9H15BrN2O/c1-7(10)6-12(3)8-4-5-11(2)9(8)13/h8H,1,4-6H2,2-3H3. The van der Waals surface area contributed by atoms with Crippen LogP contribution in [0, 0.1) is 0 Å². The zero-order chi connectivity index (χ0) is 10.0. The summed E-state index contributed by atoms with van der Waals surface area (Å²) < 4.78 is 0.914. The number of likely N-dealkylation sites (tertiary alicyclic amines) is 1. The summed E-state index contributed by atoms with van der Waals surface area (Å²) >= 11 is 3.30. The van der Waals surface area contributed by atoms with E-state index in [0.717, 1.165) is 24.0 Å². The number of carbonyl (C=O) groups excluding carboxylic acids is 1. The molecule has 1 atom stereocenters. The van der Waals surface area contributed by atoms with Gasteiger partial charge in [-0.3, -0.25) is 9.69 Å². The molecule has 1 heterocycles. The van der Waals surface area contributed by atoms with E-state index in [2.05, 4.69) is 22.5 Å². The van der Waals surface area contributed by atoms with Crippen LogP contribution in [0.4, 0.5) is 0 Å². The minimum Gasteiger partial charge on any atom is -0.344 e. The highest BCUT2D eigenvalue weighted by Gasteiger charge is 2.31. The van der Waals surface area contributed by atoms with Crippen molar-refractivity contribution in [2.45, 2.75) is 12.5 Å². The van der Waals surface area contributed by atoms with Gasteiger partial charge in [0.05, 0.1) is 6.04 Å². The molecule has 0 aromatic carbocycles. The average Bonchev–Trinajstić information content (AvgIpc) is 2.31. The highest BCUT2D eigenvalue weighted by molar-refractivity contribution is 9.11. The number of nitrogens with zero attached hydrogens (tertiary/aromatic N) is 2. The Bertz CT molecular complexity index is 230. The van der Waals surface area contributed by atoms with Gasteiger partial charge in [-0.05, 0) is 13.5 Å². The number of amides is 1. The molecule has 0 saturated carbocycles. The Morgan fingerprint density at radius 2 is 2.46 bits per heavy atom. The minimum absolute atomic E-state index is 0.0410. The third-order valence-electron chi connectivity index (χ3n) is 2.35. The van der Waals surface area contributed by atoms with Gasteiger partial charge >= 0.3 is 0 Å². The van der Waals surface area contributed by atoms with Crippen LogP contribution in [0.5, 0.6) is 0 Å². The van der Waals surface area contributed by atoms with Crippen molar-refractivity contribution in [3.05, 3.63) is 11.1 Å². The van der Waals surface area contributed by atoms with E-state index >= 15 is 0 Å². The molecule has 1 rings (SSSR count). The van der Waals surface area contributed by atoms with Crippen LogP contribution in [0.15, 0.2) is 11.1 Å². The van der Waals surface area contributed by atoms with Crippen molar-refractivity contribution >= 4 is 21.8 Å². The van der Waals surface area contributed by atoms with Crippen LogP contribution in [-0.2, 0) is 4.79 Å². The van der Waals surface area contributed by atoms with Crippen LogP contribution in [0.3, 0.4) is 0 Å². The Kier molecular flexibility index (Phi) is 3.50. The summed E-state index contributed by atoms with van der Waals surface area (Å²) in [5.41, 5.74) is 0. The molecule has 1 aliphatic heterocycles. The van der Waals surface area contributed by atoms with Crippen molar-refractivity contribution in [3.63, 3.8) is 0 Å². The molecular weight excluding hydrogens is 232 g/mol. The maximum Gasteiger partial charge on any atom is 0.239 e. The van der Waals surface area contributed by atoms with Gasteiger partial charge in [-0.2, -0.15) is 0 Å². The number of rotatable bonds is 3.